The van der Waals surface area contributed by atoms with Crippen molar-refractivity contribution in [3.63, 3.8) is 0 Å². The molecule has 0 unspecified atom stereocenters. The van der Waals surface area contributed by atoms with Crippen LogP contribution in [-0.4, -0.2) is 20.3 Å². The van der Waals surface area contributed by atoms with Crippen molar-refractivity contribution in [2.75, 3.05) is 20.3 Å². The van der Waals surface area contributed by atoms with Crippen LogP contribution in [0.2, 0.25) is 0 Å². The van der Waals surface area contributed by atoms with E-state index in [-0.39, 0.29) is 6.67 Å². The van der Waals surface area contributed by atoms with Crippen molar-refractivity contribution < 1.29 is 9.13 Å². The number of ether oxygens (including phenoxy) is 1. The molecule has 78 valence electrons. The summed E-state index contributed by atoms with van der Waals surface area (Å²) < 4.78 is 17.2. The minimum atomic E-state index is -0.323. The molecule has 0 aliphatic carbocycles. The molecule has 0 saturated carbocycles. The Balaban J connectivity index is 2.46. The minimum Gasteiger partial charge on any atom is -0.493 e. The van der Waals surface area contributed by atoms with Gasteiger partial charge >= 0.3 is 0 Å². The Morgan fingerprint density at radius 1 is 1.43 bits per heavy atom. The van der Waals surface area contributed by atoms with Gasteiger partial charge < -0.3 is 10.1 Å². The number of rotatable bonds is 6. The first kappa shape index (κ1) is 11.0. The van der Waals surface area contributed by atoms with E-state index in [1.54, 1.807) is 0 Å². The van der Waals surface area contributed by atoms with Crippen LogP contribution >= 0.6 is 0 Å². The fraction of sp³-hybridized carbons (Fsp3) is 0.455. The topological polar surface area (TPSA) is 21.3 Å². The monoisotopic (exact) mass is 197 g/mol. The smallest absolute Gasteiger partial charge is 0.119 e. The van der Waals surface area contributed by atoms with E-state index >= 15 is 0 Å². The molecule has 0 fully saturated rings. The van der Waals surface area contributed by atoms with Gasteiger partial charge in [0.15, 0.2) is 0 Å². The Morgan fingerprint density at radius 3 is 3.00 bits per heavy atom. The Labute approximate surface area is 84.1 Å². The van der Waals surface area contributed by atoms with Crippen molar-refractivity contribution in [3.8, 4) is 5.75 Å². The lowest BCUT2D eigenvalue weighted by molar-refractivity contribution is 0.289. The van der Waals surface area contributed by atoms with Gasteiger partial charge in [-0.15, -0.1) is 0 Å². The number of hydrogen-bond donors (Lipinski definition) is 1. The fourth-order valence-corrected chi connectivity index (χ4v) is 1.19. The van der Waals surface area contributed by atoms with Gasteiger partial charge in [0.05, 0.1) is 13.3 Å². The molecule has 0 bridgehead atoms. The summed E-state index contributed by atoms with van der Waals surface area (Å²) in [6, 6.07) is 7.82. The molecule has 0 saturated heterocycles. The number of alkyl halides is 1. The van der Waals surface area contributed by atoms with Gasteiger partial charge in [-0.05, 0) is 24.7 Å². The molecule has 0 aliphatic heterocycles. The Bertz CT molecular complexity index is 265. The van der Waals surface area contributed by atoms with Crippen LogP contribution in [0.15, 0.2) is 24.3 Å². The lowest BCUT2D eigenvalue weighted by atomic mass is 10.2. The molecule has 1 aromatic carbocycles. The first-order chi connectivity index (χ1) is 6.86. The van der Waals surface area contributed by atoms with Gasteiger partial charge in [-0.3, -0.25) is 4.39 Å². The van der Waals surface area contributed by atoms with Crippen LogP contribution in [0.1, 0.15) is 12.0 Å². The van der Waals surface area contributed by atoms with E-state index in [0.717, 1.165) is 12.3 Å². The Morgan fingerprint density at radius 2 is 2.29 bits per heavy atom. The molecule has 0 amide bonds. The van der Waals surface area contributed by atoms with Crippen LogP contribution in [0.3, 0.4) is 0 Å². The highest BCUT2D eigenvalue weighted by atomic mass is 19.1. The summed E-state index contributed by atoms with van der Waals surface area (Å²) in [5, 5.41) is 3.06. The van der Waals surface area contributed by atoms with Crippen molar-refractivity contribution in [3.05, 3.63) is 29.8 Å². The van der Waals surface area contributed by atoms with E-state index in [1.165, 1.54) is 5.56 Å². The fourth-order valence-electron chi connectivity index (χ4n) is 1.19. The van der Waals surface area contributed by atoms with Gasteiger partial charge in [-0.25, -0.2) is 0 Å². The number of benzene rings is 1. The summed E-state index contributed by atoms with van der Waals surface area (Å²) >= 11 is 0. The molecule has 0 spiro atoms. The lowest BCUT2D eigenvalue weighted by Gasteiger charge is -2.06. The highest BCUT2D eigenvalue weighted by Gasteiger charge is 1.95. The second kappa shape index (κ2) is 6.38. The maximum Gasteiger partial charge on any atom is 0.119 e. The van der Waals surface area contributed by atoms with Gasteiger partial charge in [0.2, 0.25) is 0 Å². The summed E-state index contributed by atoms with van der Waals surface area (Å²) in [6.07, 6.45) is 0.455. The van der Waals surface area contributed by atoms with Gasteiger partial charge in [0, 0.05) is 13.0 Å². The third-order valence-electron chi connectivity index (χ3n) is 1.83. The second-order valence-corrected chi connectivity index (χ2v) is 3.07. The van der Waals surface area contributed by atoms with Crippen LogP contribution < -0.4 is 10.1 Å². The van der Waals surface area contributed by atoms with E-state index in [1.807, 2.05) is 31.3 Å². The van der Waals surface area contributed by atoms with Crippen LogP contribution in [-0.2, 0) is 6.54 Å². The molecule has 3 heteroatoms. The molecular weight excluding hydrogens is 181 g/mol. The molecule has 0 heterocycles. The summed E-state index contributed by atoms with van der Waals surface area (Å²) in [4.78, 5) is 0. The second-order valence-electron chi connectivity index (χ2n) is 3.07. The van der Waals surface area contributed by atoms with Crippen LogP contribution in [0.25, 0.3) is 0 Å². The molecule has 2 nitrogen and oxygen atoms in total. The zero-order valence-electron chi connectivity index (χ0n) is 8.42. The van der Waals surface area contributed by atoms with Crippen molar-refractivity contribution in [2.45, 2.75) is 13.0 Å². The molecule has 14 heavy (non-hydrogen) atoms. The van der Waals surface area contributed by atoms with Gasteiger partial charge in [0.25, 0.3) is 0 Å². The average molecular weight is 197 g/mol. The Kier molecular flexibility index (Phi) is 5.00. The largest absolute Gasteiger partial charge is 0.493 e. The summed E-state index contributed by atoms with van der Waals surface area (Å²) in [5.74, 6) is 0.811. The normalized spacial score (nSPS) is 10.1. The Hall–Kier alpha value is -1.09. The third kappa shape index (κ3) is 3.75. The lowest BCUT2D eigenvalue weighted by Crippen LogP contribution is -2.05. The van der Waals surface area contributed by atoms with Gasteiger partial charge in [-0.1, -0.05) is 12.1 Å². The zero-order valence-corrected chi connectivity index (χ0v) is 8.42. The van der Waals surface area contributed by atoms with Gasteiger partial charge in [-0.2, -0.15) is 0 Å². The van der Waals surface area contributed by atoms with Crippen LogP contribution in [0.4, 0.5) is 4.39 Å². The summed E-state index contributed by atoms with van der Waals surface area (Å²) in [5.41, 5.74) is 1.17. The first-order valence-corrected chi connectivity index (χ1v) is 4.79. The van der Waals surface area contributed by atoms with E-state index in [2.05, 4.69) is 5.32 Å². The van der Waals surface area contributed by atoms with Gasteiger partial charge in [0.1, 0.15) is 5.75 Å². The van der Waals surface area contributed by atoms with Crippen LogP contribution in [0.5, 0.6) is 5.75 Å². The number of nitrogens with one attached hydrogen (secondary N) is 1. The average Bonchev–Trinajstić information content (AvgIpc) is 2.19. The summed E-state index contributed by atoms with van der Waals surface area (Å²) in [6.45, 7) is 0.941. The zero-order chi connectivity index (χ0) is 10.2. The first-order valence-electron chi connectivity index (χ1n) is 4.79. The molecular formula is C11H16FNO. The van der Waals surface area contributed by atoms with Crippen molar-refractivity contribution in [2.24, 2.45) is 0 Å². The molecule has 0 radical (unpaired) electrons. The third-order valence-corrected chi connectivity index (χ3v) is 1.83. The van der Waals surface area contributed by atoms with Crippen LogP contribution in [0, 0.1) is 0 Å². The maximum atomic E-state index is 11.8. The van der Waals surface area contributed by atoms with Crippen molar-refractivity contribution in [1.82, 2.24) is 5.32 Å². The highest BCUT2D eigenvalue weighted by Crippen LogP contribution is 2.13. The van der Waals surface area contributed by atoms with E-state index in [0.29, 0.717) is 13.0 Å². The molecule has 1 aromatic rings. The SMILES string of the molecule is CNCc1cccc(OCCCF)c1. The number of halogens is 1. The standard InChI is InChI=1S/C11H16FNO/c1-13-9-10-4-2-5-11(8-10)14-7-3-6-12/h2,4-5,8,13H,3,6-7,9H2,1H3. The predicted molar refractivity (Wildman–Crippen MR) is 55.3 cm³/mol. The predicted octanol–water partition coefficient (Wildman–Crippen LogP) is 2.14. The summed E-state index contributed by atoms with van der Waals surface area (Å²) in [7, 11) is 1.90. The van der Waals surface area contributed by atoms with Crippen molar-refractivity contribution >= 4 is 0 Å². The van der Waals surface area contributed by atoms with E-state index in [4.69, 9.17) is 4.74 Å². The van der Waals surface area contributed by atoms with E-state index < -0.39 is 0 Å². The molecule has 1 rings (SSSR count). The molecule has 1 N–H and O–H groups in total. The molecule has 0 aliphatic rings. The maximum absolute atomic E-state index is 11.8. The quantitative estimate of drug-likeness (QED) is 0.705. The minimum absolute atomic E-state index is 0.323. The van der Waals surface area contributed by atoms with E-state index in [9.17, 15) is 4.39 Å². The number of hydrogen-bond acceptors (Lipinski definition) is 2. The van der Waals surface area contributed by atoms with Crippen molar-refractivity contribution in [1.29, 1.82) is 0 Å². The highest BCUT2D eigenvalue weighted by molar-refractivity contribution is 5.28. The molecule has 0 aromatic heterocycles. The molecule has 0 atom stereocenters.